The van der Waals surface area contributed by atoms with E-state index in [1.807, 2.05) is 0 Å². The molecule has 0 unspecified atom stereocenters. The molecule has 0 saturated heterocycles. The van der Waals surface area contributed by atoms with E-state index < -0.39 is 5.97 Å². The number of carbonyl (C=O) groups is 3. The second kappa shape index (κ2) is 6.57. The zero-order valence-corrected chi connectivity index (χ0v) is 14.4. The molecule has 1 aliphatic rings. The van der Waals surface area contributed by atoms with Crippen LogP contribution in [0.1, 0.15) is 39.1 Å². The van der Waals surface area contributed by atoms with Gasteiger partial charge in [0.15, 0.2) is 12.4 Å². The topological polar surface area (TPSA) is 72.5 Å². The second-order valence-electron chi connectivity index (χ2n) is 5.52. The molecule has 1 amide bonds. The number of ether oxygens (including phenoxy) is 1. The third-order valence-corrected chi connectivity index (χ3v) is 4.38. The number of esters is 1. The first-order valence-corrected chi connectivity index (χ1v) is 8.15. The van der Waals surface area contributed by atoms with Crippen LogP contribution in [0.2, 0.25) is 0 Å². The van der Waals surface area contributed by atoms with Gasteiger partial charge < -0.3 is 10.1 Å². The van der Waals surface area contributed by atoms with Crippen molar-refractivity contribution >= 4 is 39.3 Å². The maximum Gasteiger partial charge on any atom is 0.338 e. The predicted molar refractivity (Wildman–Crippen MR) is 92.2 cm³/mol. The van der Waals surface area contributed by atoms with Gasteiger partial charge in [-0.2, -0.15) is 0 Å². The van der Waals surface area contributed by atoms with Crippen LogP contribution in [0.4, 0.5) is 5.69 Å². The van der Waals surface area contributed by atoms with Gasteiger partial charge in [-0.15, -0.1) is 0 Å². The van der Waals surface area contributed by atoms with Crippen LogP contribution < -0.4 is 5.32 Å². The summed E-state index contributed by atoms with van der Waals surface area (Å²) in [6, 6.07) is 11.7. The number of carbonyl (C=O) groups excluding carboxylic acids is 3. The highest BCUT2D eigenvalue weighted by Gasteiger charge is 2.27. The van der Waals surface area contributed by atoms with Crippen LogP contribution in [0.5, 0.6) is 0 Å². The van der Waals surface area contributed by atoms with E-state index in [9.17, 15) is 14.4 Å². The summed E-state index contributed by atoms with van der Waals surface area (Å²) in [6.07, 6.45) is 0. The van der Waals surface area contributed by atoms with Crippen molar-refractivity contribution < 1.29 is 19.1 Å². The Morgan fingerprint density at radius 3 is 2.71 bits per heavy atom. The van der Waals surface area contributed by atoms with Crippen molar-refractivity contribution in [1.29, 1.82) is 0 Å². The van der Waals surface area contributed by atoms with E-state index in [0.29, 0.717) is 11.1 Å². The average Bonchev–Trinajstić information content (AvgIpc) is 2.86. The fourth-order valence-corrected chi connectivity index (χ4v) is 2.90. The Hall–Kier alpha value is -2.47. The smallest absolute Gasteiger partial charge is 0.338 e. The Balaban J connectivity index is 1.68. The number of benzene rings is 2. The molecule has 1 aliphatic heterocycles. The summed E-state index contributed by atoms with van der Waals surface area (Å²) in [7, 11) is 0. The summed E-state index contributed by atoms with van der Waals surface area (Å²) in [5.74, 6) is -1.25. The van der Waals surface area contributed by atoms with Gasteiger partial charge in [-0.25, -0.2) is 4.79 Å². The summed E-state index contributed by atoms with van der Waals surface area (Å²) in [4.78, 5) is 35.9. The van der Waals surface area contributed by atoms with Crippen molar-refractivity contribution in [2.24, 2.45) is 0 Å². The number of Topliss-reactive ketones (excluding diaryl/α,β-unsaturated/α-hetero) is 1. The molecule has 0 spiro atoms. The standard InChI is InChI=1S/C18H14BrNO4/c1-10-14-8-11(5-6-15(14)20-17(10)22)16(21)9-24-18(23)12-3-2-4-13(19)7-12/h2-8,10H,9H2,1H3,(H,20,22)/t10-/m0/s1. The summed E-state index contributed by atoms with van der Waals surface area (Å²) in [5.41, 5.74) is 2.29. The van der Waals surface area contributed by atoms with Gasteiger partial charge >= 0.3 is 5.97 Å². The largest absolute Gasteiger partial charge is 0.454 e. The Morgan fingerprint density at radius 2 is 1.96 bits per heavy atom. The number of nitrogens with one attached hydrogen (secondary N) is 1. The first-order valence-electron chi connectivity index (χ1n) is 7.36. The van der Waals surface area contributed by atoms with Crippen LogP contribution in [0.15, 0.2) is 46.9 Å². The van der Waals surface area contributed by atoms with Crippen molar-refractivity contribution in [3.8, 4) is 0 Å². The molecule has 1 heterocycles. The maximum absolute atomic E-state index is 12.2. The SMILES string of the molecule is C[C@@H]1C(=O)Nc2ccc(C(=O)COC(=O)c3cccc(Br)c3)cc21. The van der Waals surface area contributed by atoms with Gasteiger partial charge in [0.05, 0.1) is 11.5 Å². The van der Waals surface area contributed by atoms with Crippen molar-refractivity contribution in [2.75, 3.05) is 11.9 Å². The molecular weight excluding hydrogens is 374 g/mol. The number of hydrogen-bond donors (Lipinski definition) is 1. The van der Waals surface area contributed by atoms with Crippen LogP contribution in [0.3, 0.4) is 0 Å². The summed E-state index contributed by atoms with van der Waals surface area (Å²) in [6.45, 7) is 1.43. The molecule has 122 valence electrons. The number of ketones is 1. The van der Waals surface area contributed by atoms with Gasteiger partial charge in [-0.3, -0.25) is 9.59 Å². The molecule has 1 atom stereocenters. The summed E-state index contributed by atoms with van der Waals surface area (Å²) >= 11 is 3.28. The molecule has 2 aromatic carbocycles. The molecule has 2 aromatic rings. The van der Waals surface area contributed by atoms with E-state index in [1.165, 1.54) is 0 Å². The molecule has 0 bridgehead atoms. The van der Waals surface area contributed by atoms with E-state index in [2.05, 4.69) is 21.2 Å². The lowest BCUT2D eigenvalue weighted by atomic mass is 9.99. The minimum atomic E-state index is -0.559. The average molecular weight is 388 g/mol. The first-order chi connectivity index (χ1) is 11.5. The van der Waals surface area contributed by atoms with Crippen LogP contribution >= 0.6 is 15.9 Å². The van der Waals surface area contributed by atoms with Crippen molar-refractivity contribution in [2.45, 2.75) is 12.8 Å². The third kappa shape index (κ3) is 3.23. The van der Waals surface area contributed by atoms with Crippen LogP contribution in [-0.4, -0.2) is 24.3 Å². The lowest BCUT2D eigenvalue weighted by Crippen LogP contribution is -2.14. The Kier molecular flexibility index (Phi) is 4.49. The highest BCUT2D eigenvalue weighted by Crippen LogP contribution is 2.32. The fraction of sp³-hybridized carbons (Fsp3) is 0.167. The minimum absolute atomic E-state index is 0.0873. The Labute approximate surface area is 147 Å². The highest BCUT2D eigenvalue weighted by atomic mass is 79.9. The van der Waals surface area contributed by atoms with Crippen molar-refractivity contribution in [3.63, 3.8) is 0 Å². The normalized spacial score (nSPS) is 15.6. The number of fused-ring (bicyclic) bond motifs is 1. The molecule has 0 radical (unpaired) electrons. The second-order valence-corrected chi connectivity index (χ2v) is 6.44. The van der Waals surface area contributed by atoms with E-state index >= 15 is 0 Å². The van der Waals surface area contributed by atoms with E-state index in [1.54, 1.807) is 49.4 Å². The van der Waals surface area contributed by atoms with Crippen LogP contribution in [-0.2, 0) is 9.53 Å². The lowest BCUT2D eigenvalue weighted by molar-refractivity contribution is -0.116. The van der Waals surface area contributed by atoms with Crippen molar-refractivity contribution in [3.05, 3.63) is 63.6 Å². The highest BCUT2D eigenvalue weighted by molar-refractivity contribution is 9.10. The molecule has 0 fully saturated rings. The van der Waals surface area contributed by atoms with Gasteiger partial charge in [0.25, 0.3) is 0 Å². The van der Waals surface area contributed by atoms with Gasteiger partial charge in [-0.1, -0.05) is 22.0 Å². The Morgan fingerprint density at radius 1 is 1.17 bits per heavy atom. The monoisotopic (exact) mass is 387 g/mol. The fourth-order valence-electron chi connectivity index (χ4n) is 2.50. The Bertz CT molecular complexity index is 847. The summed E-state index contributed by atoms with van der Waals surface area (Å²) < 4.78 is 5.83. The molecule has 5 nitrogen and oxygen atoms in total. The van der Waals surface area contributed by atoms with Gasteiger partial charge in [-0.05, 0) is 48.9 Å². The number of rotatable bonds is 4. The maximum atomic E-state index is 12.2. The van der Waals surface area contributed by atoms with Gasteiger partial charge in [0.1, 0.15) is 0 Å². The summed E-state index contributed by atoms with van der Waals surface area (Å²) in [5, 5.41) is 2.75. The number of hydrogen-bond acceptors (Lipinski definition) is 4. The van der Waals surface area contributed by atoms with Crippen LogP contribution in [0.25, 0.3) is 0 Å². The molecular formula is C18H14BrNO4. The molecule has 0 aliphatic carbocycles. The molecule has 1 N–H and O–H groups in total. The molecule has 0 saturated carbocycles. The van der Waals surface area contributed by atoms with E-state index in [4.69, 9.17) is 4.74 Å². The number of anilines is 1. The molecule has 24 heavy (non-hydrogen) atoms. The van der Waals surface area contributed by atoms with E-state index in [-0.39, 0.29) is 24.2 Å². The van der Waals surface area contributed by atoms with Crippen molar-refractivity contribution in [1.82, 2.24) is 0 Å². The molecule has 0 aromatic heterocycles. The van der Waals surface area contributed by atoms with E-state index in [0.717, 1.165) is 15.7 Å². The zero-order chi connectivity index (χ0) is 17.3. The van der Waals surface area contributed by atoms with Gasteiger partial charge in [0, 0.05) is 15.7 Å². The number of amides is 1. The van der Waals surface area contributed by atoms with Gasteiger partial charge in [0.2, 0.25) is 5.91 Å². The quantitative estimate of drug-likeness (QED) is 0.643. The molecule has 3 rings (SSSR count). The minimum Gasteiger partial charge on any atom is -0.454 e. The number of halogens is 1. The zero-order valence-electron chi connectivity index (χ0n) is 12.8. The lowest BCUT2D eigenvalue weighted by Gasteiger charge is -2.07. The third-order valence-electron chi connectivity index (χ3n) is 3.89. The predicted octanol–water partition coefficient (Wildman–Crippen LogP) is 3.54. The first kappa shape index (κ1) is 16.4. The van der Waals surface area contributed by atoms with Crippen LogP contribution in [0, 0.1) is 0 Å². The molecule has 6 heteroatoms.